The molecule has 0 unspecified atom stereocenters. The van der Waals surface area contributed by atoms with Crippen molar-refractivity contribution >= 4 is 39.3 Å². The van der Waals surface area contributed by atoms with Crippen LogP contribution in [0.4, 0.5) is 5.13 Å². The van der Waals surface area contributed by atoms with Crippen molar-refractivity contribution < 1.29 is 23.5 Å². The van der Waals surface area contributed by atoms with Crippen molar-refractivity contribution in [3.05, 3.63) is 86.2 Å². The summed E-state index contributed by atoms with van der Waals surface area (Å²) in [6, 6.07) is 13.4. The van der Waals surface area contributed by atoms with Crippen molar-refractivity contribution in [3.8, 4) is 5.75 Å². The number of nitrogens with zero attached hydrogens (tertiary/aromatic N) is 2. The average Bonchev–Trinajstić information content (AvgIpc) is 3.41. The molecule has 0 aliphatic carbocycles. The van der Waals surface area contributed by atoms with E-state index in [4.69, 9.17) is 13.9 Å². The summed E-state index contributed by atoms with van der Waals surface area (Å²) in [4.78, 5) is 45.8. The Hall–Kier alpha value is -3.98. The number of methoxy groups -OCH3 is 1. The van der Waals surface area contributed by atoms with E-state index in [0.717, 1.165) is 24.2 Å². The topological polar surface area (TPSA) is 98.9 Å². The molecule has 1 aliphatic heterocycles. The smallest absolute Gasteiger partial charge is 0.350 e. The van der Waals surface area contributed by atoms with Gasteiger partial charge in [-0.3, -0.25) is 14.5 Å². The molecule has 9 heteroatoms. The SMILES string of the molecule is CCCCOc1ccc([C@H]2c3c(oc4ccccc4c3=O)C(=O)N2c2nc(C)c(C(=O)OC)s2)cc1. The van der Waals surface area contributed by atoms with Gasteiger partial charge in [0, 0.05) is 0 Å². The van der Waals surface area contributed by atoms with E-state index in [-0.39, 0.29) is 21.9 Å². The van der Waals surface area contributed by atoms with Gasteiger partial charge in [-0.05, 0) is 43.2 Å². The minimum atomic E-state index is -0.783. The van der Waals surface area contributed by atoms with Crippen LogP contribution in [0, 0.1) is 6.92 Å². The van der Waals surface area contributed by atoms with E-state index in [2.05, 4.69) is 11.9 Å². The average molecular weight is 505 g/mol. The maximum Gasteiger partial charge on any atom is 0.350 e. The van der Waals surface area contributed by atoms with Gasteiger partial charge in [0.25, 0.3) is 5.91 Å². The first-order valence-corrected chi connectivity index (χ1v) is 12.4. The molecule has 1 amide bonds. The summed E-state index contributed by atoms with van der Waals surface area (Å²) < 4.78 is 16.6. The first-order chi connectivity index (χ1) is 17.4. The van der Waals surface area contributed by atoms with E-state index in [9.17, 15) is 14.4 Å². The summed E-state index contributed by atoms with van der Waals surface area (Å²) in [6.45, 7) is 4.38. The van der Waals surface area contributed by atoms with E-state index < -0.39 is 17.9 Å². The van der Waals surface area contributed by atoms with E-state index >= 15 is 0 Å². The zero-order valence-corrected chi connectivity index (χ0v) is 20.9. The molecule has 0 saturated heterocycles. The number of hydrogen-bond acceptors (Lipinski definition) is 8. The standard InChI is InChI=1S/C27H24N2O6S/c1-4-5-14-34-17-12-10-16(11-13-17)21-20-22(30)18-8-6-7-9-19(18)35-23(20)25(31)29(21)27-28-15(2)24(36-27)26(32)33-3/h6-13,21H,4-5,14H2,1-3H3/t21-/m0/s1. The molecule has 36 heavy (non-hydrogen) atoms. The number of benzene rings is 2. The number of rotatable bonds is 7. The van der Waals surface area contributed by atoms with Gasteiger partial charge in [0.1, 0.15) is 16.2 Å². The van der Waals surface area contributed by atoms with Crippen LogP contribution in [0.15, 0.2) is 57.7 Å². The van der Waals surface area contributed by atoms with Crippen LogP contribution in [0.25, 0.3) is 11.0 Å². The van der Waals surface area contributed by atoms with Crippen LogP contribution in [0.5, 0.6) is 5.75 Å². The lowest BCUT2D eigenvalue weighted by atomic mass is 9.98. The number of carbonyl (C=O) groups excluding carboxylic acids is 2. The number of thiazole rings is 1. The number of ether oxygens (including phenoxy) is 2. The van der Waals surface area contributed by atoms with Crippen molar-refractivity contribution in [2.24, 2.45) is 0 Å². The number of anilines is 1. The van der Waals surface area contributed by atoms with Gasteiger partial charge in [-0.15, -0.1) is 0 Å². The summed E-state index contributed by atoms with van der Waals surface area (Å²) in [7, 11) is 1.29. The number of esters is 1. The van der Waals surface area contributed by atoms with Crippen molar-refractivity contribution in [3.63, 3.8) is 0 Å². The fourth-order valence-electron chi connectivity index (χ4n) is 4.28. The maximum absolute atomic E-state index is 13.7. The molecular formula is C27H24N2O6S. The molecule has 5 rings (SSSR count). The second-order valence-corrected chi connectivity index (χ2v) is 9.40. The molecule has 0 radical (unpaired) electrons. The predicted octanol–water partition coefficient (Wildman–Crippen LogP) is 5.27. The van der Waals surface area contributed by atoms with Crippen LogP contribution in [0.1, 0.15) is 62.9 Å². The lowest BCUT2D eigenvalue weighted by Gasteiger charge is -2.22. The minimum Gasteiger partial charge on any atom is -0.494 e. The molecule has 4 aromatic rings. The number of aromatic nitrogens is 1. The highest BCUT2D eigenvalue weighted by Gasteiger charge is 2.45. The summed E-state index contributed by atoms with van der Waals surface area (Å²) in [5.74, 6) is -0.358. The molecule has 184 valence electrons. The highest BCUT2D eigenvalue weighted by Crippen LogP contribution is 2.43. The predicted molar refractivity (Wildman–Crippen MR) is 136 cm³/mol. The monoisotopic (exact) mass is 504 g/mol. The van der Waals surface area contributed by atoms with Gasteiger partial charge in [-0.1, -0.05) is 48.9 Å². The summed E-state index contributed by atoms with van der Waals surface area (Å²) in [6.07, 6.45) is 1.97. The molecule has 0 fully saturated rings. The molecule has 2 aromatic heterocycles. The van der Waals surface area contributed by atoms with Gasteiger partial charge in [0.15, 0.2) is 10.6 Å². The maximum atomic E-state index is 13.7. The Kier molecular flexibility index (Phi) is 6.32. The number of hydrogen-bond donors (Lipinski definition) is 0. The molecule has 0 spiro atoms. The summed E-state index contributed by atoms with van der Waals surface area (Å²) >= 11 is 1.04. The van der Waals surface area contributed by atoms with Crippen LogP contribution < -0.4 is 15.1 Å². The van der Waals surface area contributed by atoms with Crippen LogP contribution in [-0.2, 0) is 4.74 Å². The molecule has 1 atom stereocenters. The van der Waals surface area contributed by atoms with E-state index in [1.807, 2.05) is 24.3 Å². The van der Waals surface area contributed by atoms with E-state index in [0.29, 0.717) is 39.5 Å². The Bertz CT molecular complexity index is 1520. The second-order valence-electron chi connectivity index (χ2n) is 8.42. The Morgan fingerprint density at radius 3 is 2.61 bits per heavy atom. The fourth-order valence-corrected chi connectivity index (χ4v) is 5.29. The van der Waals surface area contributed by atoms with Gasteiger partial charge in [0.05, 0.1) is 36.4 Å². The quantitative estimate of drug-likeness (QED) is 0.250. The Balaban J connectivity index is 1.66. The Morgan fingerprint density at radius 2 is 1.89 bits per heavy atom. The third kappa shape index (κ3) is 3.95. The zero-order valence-electron chi connectivity index (χ0n) is 20.1. The number of aryl methyl sites for hydroxylation is 1. The number of unbranched alkanes of at least 4 members (excludes halogenated alkanes) is 1. The fraction of sp³-hybridized carbons (Fsp3) is 0.259. The molecule has 8 nitrogen and oxygen atoms in total. The highest BCUT2D eigenvalue weighted by molar-refractivity contribution is 7.17. The summed E-state index contributed by atoms with van der Waals surface area (Å²) in [5, 5.41) is 0.669. The van der Waals surface area contributed by atoms with Gasteiger partial charge in [-0.2, -0.15) is 0 Å². The Labute approximate surface area is 211 Å². The van der Waals surface area contributed by atoms with Crippen molar-refractivity contribution in [1.29, 1.82) is 0 Å². The largest absolute Gasteiger partial charge is 0.494 e. The zero-order chi connectivity index (χ0) is 25.4. The molecule has 0 bridgehead atoms. The number of carbonyl (C=O) groups is 2. The molecule has 1 aliphatic rings. The van der Waals surface area contributed by atoms with Crippen LogP contribution >= 0.6 is 11.3 Å². The summed E-state index contributed by atoms with van der Waals surface area (Å²) in [5.41, 5.74) is 1.43. The third-order valence-corrected chi connectivity index (χ3v) is 7.24. The first kappa shape index (κ1) is 23.7. The molecule has 2 aromatic carbocycles. The van der Waals surface area contributed by atoms with Crippen LogP contribution in [-0.4, -0.2) is 30.6 Å². The lowest BCUT2D eigenvalue weighted by molar-refractivity contribution is 0.0605. The molecule has 3 heterocycles. The molecule has 0 N–H and O–H groups in total. The Morgan fingerprint density at radius 1 is 1.14 bits per heavy atom. The molecule has 0 saturated carbocycles. The van der Waals surface area contributed by atoms with Crippen LogP contribution in [0.3, 0.4) is 0 Å². The number of fused-ring (bicyclic) bond motifs is 2. The normalized spacial score (nSPS) is 14.8. The van der Waals surface area contributed by atoms with Crippen molar-refractivity contribution in [2.75, 3.05) is 18.6 Å². The van der Waals surface area contributed by atoms with Gasteiger partial charge in [-0.25, -0.2) is 9.78 Å². The van der Waals surface area contributed by atoms with Gasteiger partial charge >= 0.3 is 5.97 Å². The van der Waals surface area contributed by atoms with E-state index in [1.54, 1.807) is 31.2 Å². The lowest BCUT2D eigenvalue weighted by Crippen LogP contribution is -2.29. The van der Waals surface area contributed by atoms with Crippen molar-refractivity contribution in [2.45, 2.75) is 32.7 Å². The van der Waals surface area contributed by atoms with Crippen molar-refractivity contribution in [1.82, 2.24) is 4.98 Å². The second kappa shape index (κ2) is 9.58. The molecular weight excluding hydrogens is 480 g/mol. The van der Waals surface area contributed by atoms with Crippen LogP contribution in [0.2, 0.25) is 0 Å². The van der Waals surface area contributed by atoms with Gasteiger partial charge in [0.2, 0.25) is 5.76 Å². The third-order valence-electron chi connectivity index (χ3n) is 6.10. The number of para-hydroxylation sites is 1. The first-order valence-electron chi connectivity index (χ1n) is 11.6. The highest BCUT2D eigenvalue weighted by atomic mass is 32.1. The number of amides is 1. The minimum absolute atomic E-state index is 0.0283. The van der Waals surface area contributed by atoms with E-state index in [1.165, 1.54) is 12.0 Å². The van der Waals surface area contributed by atoms with Gasteiger partial charge < -0.3 is 13.9 Å².